The number of oxazole rings is 1. The van der Waals surface area contributed by atoms with E-state index in [9.17, 15) is 4.79 Å². The molecule has 2 heterocycles. The zero-order chi connectivity index (χ0) is 18.6. The summed E-state index contributed by atoms with van der Waals surface area (Å²) >= 11 is 0. The Morgan fingerprint density at radius 3 is 2.81 bits per heavy atom. The number of hydrogen-bond acceptors (Lipinski definition) is 5. The molecule has 1 amide bonds. The summed E-state index contributed by atoms with van der Waals surface area (Å²) < 4.78 is 5.82. The van der Waals surface area contributed by atoms with Crippen molar-refractivity contribution in [1.29, 1.82) is 5.26 Å². The number of hydrogen-bond donors (Lipinski definition) is 1. The second kappa shape index (κ2) is 7.50. The molecule has 0 unspecified atom stereocenters. The molecule has 27 heavy (non-hydrogen) atoms. The topological polar surface area (TPSA) is 82.2 Å². The van der Waals surface area contributed by atoms with Crippen molar-refractivity contribution in [3.63, 3.8) is 0 Å². The molecule has 3 aromatic rings. The predicted molar refractivity (Wildman–Crippen MR) is 102 cm³/mol. The Labute approximate surface area is 157 Å². The summed E-state index contributed by atoms with van der Waals surface area (Å²) in [5.41, 5.74) is 3.18. The standard InChI is InChI=1S/C21H20N4O2/c22-13-15-4-3-5-16(12-15)14-23-20(26)17-8-10-25(11-9-17)21-24-18-6-1-2-7-19(18)27-21/h1-7,12,17H,8-11,14H2,(H,23,26). The number of piperidine rings is 1. The van der Waals surface area contributed by atoms with Crippen LogP contribution < -0.4 is 10.2 Å². The summed E-state index contributed by atoms with van der Waals surface area (Å²) in [6.07, 6.45) is 1.53. The molecule has 1 saturated heterocycles. The second-order valence-corrected chi connectivity index (χ2v) is 6.76. The van der Waals surface area contributed by atoms with E-state index in [1.807, 2.05) is 36.4 Å². The van der Waals surface area contributed by atoms with Gasteiger partial charge in [-0.15, -0.1) is 0 Å². The zero-order valence-corrected chi connectivity index (χ0v) is 14.9. The minimum Gasteiger partial charge on any atom is -0.423 e. The summed E-state index contributed by atoms with van der Waals surface area (Å²) in [7, 11) is 0. The van der Waals surface area contributed by atoms with Crippen LogP contribution in [0.15, 0.2) is 52.9 Å². The third-order valence-corrected chi connectivity index (χ3v) is 4.94. The Morgan fingerprint density at radius 2 is 2.04 bits per heavy atom. The molecule has 0 radical (unpaired) electrons. The van der Waals surface area contributed by atoms with E-state index >= 15 is 0 Å². The number of nitrogens with zero attached hydrogens (tertiary/aromatic N) is 3. The first-order valence-corrected chi connectivity index (χ1v) is 9.10. The van der Waals surface area contributed by atoms with Crippen molar-refractivity contribution < 1.29 is 9.21 Å². The highest BCUT2D eigenvalue weighted by atomic mass is 16.4. The maximum Gasteiger partial charge on any atom is 0.298 e. The fraction of sp³-hybridized carbons (Fsp3) is 0.286. The highest BCUT2D eigenvalue weighted by molar-refractivity contribution is 5.79. The number of nitrogens with one attached hydrogen (secondary N) is 1. The first-order chi connectivity index (χ1) is 13.2. The molecule has 0 spiro atoms. The molecule has 1 aliphatic rings. The van der Waals surface area contributed by atoms with Gasteiger partial charge < -0.3 is 14.6 Å². The molecule has 0 aliphatic carbocycles. The number of amides is 1. The van der Waals surface area contributed by atoms with Gasteiger partial charge in [0.25, 0.3) is 6.01 Å². The Balaban J connectivity index is 1.31. The van der Waals surface area contributed by atoms with Gasteiger partial charge in [0.05, 0.1) is 11.6 Å². The normalized spacial score (nSPS) is 14.9. The predicted octanol–water partition coefficient (Wildman–Crippen LogP) is 3.23. The van der Waals surface area contributed by atoms with E-state index in [1.54, 1.807) is 12.1 Å². The number of benzene rings is 2. The molecule has 0 saturated carbocycles. The Bertz CT molecular complexity index is 964. The van der Waals surface area contributed by atoms with Crippen LogP contribution in [0.1, 0.15) is 24.0 Å². The number of carbonyl (C=O) groups is 1. The van der Waals surface area contributed by atoms with Crippen molar-refractivity contribution in [3.05, 3.63) is 59.7 Å². The van der Waals surface area contributed by atoms with Crippen molar-refractivity contribution in [1.82, 2.24) is 10.3 Å². The monoisotopic (exact) mass is 360 g/mol. The lowest BCUT2D eigenvalue weighted by atomic mass is 9.96. The van der Waals surface area contributed by atoms with E-state index in [0.29, 0.717) is 18.1 Å². The number of rotatable bonds is 4. The molecular weight excluding hydrogens is 340 g/mol. The Morgan fingerprint density at radius 1 is 1.22 bits per heavy atom. The number of nitriles is 1. The van der Waals surface area contributed by atoms with Gasteiger partial charge in [0, 0.05) is 25.6 Å². The van der Waals surface area contributed by atoms with Gasteiger partial charge in [0.1, 0.15) is 5.52 Å². The first-order valence-electron chi connectivity index (χ1n) is 9.10. The molecule has 1 aromatic heterocycles. The average Bonchev–Trinajstić information content (AvgIpc) is 3.16. The molecule has 2 aromatic carbocycles. The van der Waals surface area contributed by atoms with E-state index in [1.165, 1.54) is 0 Å². The summed E-state index contributed by atoms with van der Waals surface area (Å²) in [5, 5.41) is 11.9. The molecule has 4 rings (SSSR count). The smallest absolute Gasteiger partial charge is 0.298 e. The van der Waals surface area contributed by atoms with Gasteiger partial charge in [-0.3, -0.25) is 4.79 Å². The molecule has 6 nitrogen and oxygen atoms in total. The summed E-state index contributed by atoms with van der Waals surface area (Å²) in [5.74, 6) is 0.0550. The van der Waals surface area contributed by atoms with Gasteiger partial charge in [-0.05, 0) is 42.7 Å². The number of anilines is 1. The van der Waals surface area contributed by atoms with Gasteiger partial charge in [-0.25, -0.2) is 0 Å². The highest BCUT2D eigenvalue weighted by Crippen LogP contribution is 2.26. The lowest BCUT2D eigenvalue weighted by molar-refractivity contribution is -0.125. The van der Waals surface area contributed by atoms with Crippen molar-refractivity contribution in [2.45, 2.75) is 19.4 Å². The molecule has 1 aliphatic heterocycles. The Hall–Kier alpha value is -3.33. The fourth-order valence-electron chi connectivity index (χ4n) is 3.41. The van der Waals surface area contributed by atoms with E-state index in [4.69, 9.17) is 9.68 Å². The molecule has 6 heteroatoms. The van der Waals surface area contributed by atoms with Crippen molar-refractivity contribution in [3.8, 4) is 6.07 Å². The average molecular weight is 360 g/mol. The molecule has 136 valence electrons. The SMILES string of the molecule is N#Cc1cccc(CNC(=O)C2CCN(c3nc4ccccc4o3)CC2)c1. The van der Waals surface area contributed by atoms with Crippen molar-refractivity contribution in [2.75, 3.05) is 18.0 Å². The van der Waals surface area contributed by atoms with Crippen molar-refractivity contribution in [2.24, 2.45) is 5.92 Å². The maximum absolute atomic E-state index is 12.5. The lowest BCUT2D eigenvalue weighted by Gasteiger charge is -2.30. The van der Waals surface area contributed by atoms with Gasteiger partial charge in [-0.2, -0.15) is 10.2 Å². The number of carbonyl (C=O) groups excluding carboxylic acids is 1. The molecule has 0 bridgehead atoms. The van der Waals surface area contributed by atoms with E-state index in [-0.39, 0.29) is 11.8 Å². The zero-order valence-electron chi connectivity index (χ0n) is 14.9. The molecular formula is C21H20N4O2. The molecule has 0 atom stereocenters. The van der Waals surface area contributed by atoms with Crippen LogP contribution in [0, 0.1) is 17.2 Å². The van der Waals surface area contributed by atoms with Crippen LogP contribution in [0.3, 0.4) is 0 Å². The third-order valence-electron chi connectivity index (χ3n) is 4.94. The van der Waals surface area contributed by atoms with Crippen molar-refractivity contribution >= 4 is 23.0 Å². The number of para-hydroxylation sites is 2. The summed E-state index contributed by atoms with van der Waals surface area (Å²) in [6, 6.07) is 17.8. The second-order valence-electron chi connectivity index (χ2n) is 6.76. The van der Waals surface area contributed by atoms with E-state index < -0.39 is 0 Å². The van der Waals surface area contributed by atoms with E-state index in [0.717, 1.165) is 42.6 Å². The highest BCUT2D eigenvalue weighted by Gasteiger charge is 2.27. The van der Waals surface area contributed by atoms with Crippen LogP contribution in [-0.2, 0) is 11.3 Å². The quantitative estimate of drug-likeness (QED) is 0.772. The minimum atomic E-state index is -0.00946. The van der Waals surface area contributed by atoms with Crippen LogP contribution in [0.4, 0.5) is 6.01 Å². The minimum absolute atomic E-state index is 0.00946. The van der Waals surface area contributed by atoms with Gasteiger partial charge in [0.2, 0.25) is 5.91 Å². The van der Waals surface area contributed by atoms with Gasteiger partial charge in [0.15, 0.2) is 5.58 Å². The van der Waals surface area contributed by atoms with E-state index in [2.05, 4.69) is 21.3 Å². The van der Waals surface area contributed by atoms with Crippen LogP contribution in [0.2, 0.25) is 0 Å². The third kappa shape index (κ3) is 3.77. The fourth-order valence-corrected chi connectivity index (χ4v) is 3.41. The summed E-state index contributed by atoms with van der Waals surface area (Å²) in [6.45, 7) is 1.93. The lowest BCUT2D eigenvalue weighted by Crippen LogP contribution is -2.40. The number of fused-ring (bicyclic) bond motifs is 1. The van der Waals surface area contributed by atoms with Gasteiger partial charge >= 0.3 is 0 Å². The molecule has 1 fully saturated rings. The summed E-state index contributed by atoms with van der Waals surface area (Å²) in [4.78, 5) is 19.1. The largest absolute Gasteiger partial charge is 0.423 e. The first kappa shape index (κ1) is 17.1. The molecule has 1 N–H and O–H groups in total. The number of aromatic nitrogens is 1. The maximum atomic E-state index is 12.5. The van der Waals surface area contributed by atoms with Crippen LogP contribution in [0.25, 0.3) is 11.1 Å². The van der Waals surface area contributed by atoms with Crippen LogP contribution in [0.5, 0.6) is 0 Å². The van der Waals surface area contributed by atoms with Crippen LogP contribution >= 0.6 is 0 Å². The Kier molecular flexibility index (Phi) is 4.75. The van der Waals surface area contributed by atoms with Gasteiger partial charge in [-0.1, -0.05) is 24.3 Å². The van der Waals surface area contributed by atoms with Crippen LogP contribution in [-0.4, -0.2) is 24.0 Å².